The van der Waals surface area contributed by atoms with Crippen LogP contribution in [-0.2, 0) is 36.0 Å². The smallest absolute Gasteiger partial charge is 0.243 e. The lowest BCUT2D eigenvalue weighted by atomic mass is 10.0. The summed E-state index contributed by atoms with van der Waals surface area (Å²) in [5, 5.41) is 14.1. The second kappa shape index (κ2) is 15.8. The highest BCUT2D eigenvalue weighted by Crippen LogP contribution is 2.31. The third-order valence-electron chi connectivity index (χ3n) is 6.99. The molecule has 0 unspecified atom stereocenters. The van der Waals surface area contributed by atoms with E-state index in [9.17, 15) is 26.7 Å². The van der Waals surface area contributed by atoms with Gasteiger partial charge in [0, 0.05) is 25.8 Å². The Labute approximate surface area is 254 Å². The number of methoxy groups -OCH3 is 2. The SMILES string of the molecule is COc1ccc(S(=O)(=O)N(CC(C)C)C[C@@H](O)[C@H](Cc2ccccc2)NC(=O)CNS(=O)(=O)C[C@H]2CCOC2)cc1OC. The van der Waals surface area contributed by atoms with Gasteiger partial charge >= 0.3 is 0 Å². The Morgan fingerprint density at radius 2 is 1.74 bits per heavy atom. The molecule has 1 aliphatic rings. The van der Waals surface area contributed by atoms with Crippen LogP contribution < -0.4 is 19.5 Å². The molecule has 2 aromatic rings. The third-order valence-corrected chi connectivity index (χ3v) is 10.3. The number of aliphatic hydroxyl groups excluding tert-OH is 1. The molecule has 3 N–H and O–H groups in total. The predicted octanol–water partition coefficient (Wildman–Crippen LogP) is 1.39. The fraction of sp³-hybridized carbons (Fsp3) is 0.552. The van der Waals surface area contributed by atoms with Gasteiger partial charge in [0.25, 0.3) is 0 Å². The van der Waals surface area contributed by atoms with Crippen LogP contribution in [0.1, 0.15) is 25.8 Å². The van der Waals surface area contributed by atoms with Crippen molar-refractivity contribution >= 4 is 26.0 Å². The van der Waals surface area contributed by atoms with Gasteiger partial charge in [0.1, 0.15) is 0 Å². The van der Waals surface area contributed by atoms with E-state index in [0.29, 0.717) is 25.4 Å². The highest BCUT2D eigenvalue weighted by atomic mass is 32.2. The topological polar surface area (TPSA) is 161 Å². The van der Waals surface area contributed by atoms with Gasteiger partial charge in [-0.1, -0.05) is 44.2 Å². The predicted molar refractivity (Wildman–Crippen MR) is 162 cm³/mol. The summed E-state index contributed by atoms with van der Waals surface area (Å²) < 4.78 is 71.8. The molecule has 2 aromatic carbocycles. The van der Waals surface area contributed by atoms with Crippen molar-refractivity contribution in [2.75, 3.05) is 52.8 Å². The molecule has 0 saturated carbocycles. The minimum atomic E-state index is -4.10. The molecule has 1 aliphatic heterocycles. The lowest BCUT2D eigenvalue weighted by Crippen LogP contribution is -2.52. The van der Waals surface area contributed by atoms with Crippen LogP contribution in [0.5, 0.6) is 11.5 Å². The number of nitrogens with zero attached hydrogens (tertiary/aromatic N) is 1. The van der Waals surface area contributed by atoms with Crippen LogP contribution in [0, 0.1) is 11.8 Å². The first-order valence-corrected chi connectivity index (χ1v) is 17.2. The summed E-state index contributed by atoms with van der Waals surface area (Å²) in [5.74, 6) is -0.393. The molecule has 3 rings (SSSR count). The van der Waals surface area contributed by atoms with Crippen molar-refractivity contribution in [3.05, 3.63) is 54.1 Å². The number of carbonyl (C=O) groups excluding carboxylic acids is 1. The van der Waals surface area contributed by atoms with E-state index in [2.05, 4.69) is 10.0 Å². The normalized spacial score (nSPS) is 17.1. The molecular weight excluding hydrogens is 598 g/mol. The molecule has 0 spiro atoms. The van der Waals surface area contributed by atoms with E-state index in [-0.39, 0.29) is 47.7 Å². The maximum absolute atomic E-state index is 13.8. The molecule has 43 heavy (non-hydrogen) atoms. The van der Waals surface area contributed by atoms with E-state index >= 15 is 0 Å². The molecule has 1 amide bonds. The minimum Gasteiger partial charge on any atom is -0.493 e. The largest absolute Gasteiger partial charge is 0.493 e. The van der Waals surface area contributed by atoms with Crippen LogP contribution in [0.3, 0.4) is 0 Å². The number of benzene rings is 2. The van der Waals surface area contributed by atoms with Crippen LogP contribution in [-0.4, -0.2) is 97.1 Å². The van der Waals surface area contributed by atoms with Crippen LogP contribution in [0.15, 0.2) is 53.4 Å². The highest BCUT2D eigenvalue weighted by molar-refractivity contribution is 7.89. The van der Waals surface area contributed by atoms with Crippen molar-refractivity contribution in [2.24, 2.45) is 11.8 Å². The molecule has 240 valence electrons. The minimum absolute atomic E-state index is 0.0382. The monoisotopic (exact) mass is 641 g/mol. The molecule has 12 nitrogen and oxygen atoms in total. The second-order valence-corrected chi connectivity index (χ2v) is 14.8. The van der Waals surface area contributed by atoms with E-state index in [1.165, 1.54) is 36.7 Å². The van der Waals surface area contributed by atoms with Crippen LogP contribution in [0.4, 0.5) is 0 Å². The summed E-state index contributed by atoms with van der Waals surface area (Å²) in [4.78, 5) is 12.9. The van der Waals surface area contributed by atoms with E-state index in [0.717, 1.165) is 5.56 Å². The van der Waals surface area contributed by atoms with Gasteiger partial charge in [0.2, 0.25) is 26.0 Å². The fourth-order valence-corrected chi connectivity index (χ4v) is 7.80. The fourth-order valence-electron chi connectivity index (χ4n) is 4.81. The number of amides is 1. The average molecular weight is 642 g/mol. The number of ether oxygens (including phenoxy) is 3. The van der Waals surface area contributed by atoms with Crippen molar-refractivity contribution < 1.29 is 40.9 Å². The van der Waals surface area contributed by atoms with Crippen molar-refractivity contribution in [1.29, 1.82) is 0 Å². The first-order valence-electron chi connectivity index (χ1n) is 14.1. The molecular formula is C29H43N3O9S2. The molecule has 0 aliphatic carbocycles. The summed E-state index contributed by atoms with van der Waals surface area (Å²) in [6.45, 7) is 3.85. The molecule has 1 saturated heterocycles. The van der Waals surface area contributed by atoms with Crippen LogP contribution >= 0.6 is 0 Å². The Hall–Kier alpha value is -2.75. The summed E-state index contributed by atoms with van der Waals surface area (Å²) in [6, 6.07) is 12.5. The quantitative estimate of drug-likeness (QED) is 0.232. The lowest BCUT2D eigenvalue weighted by Gasteiger charge is -2.31. The van der Waals surface area contributed by atoms with E-state index in [4.69, 9.17) is 14.2 Å². The first kappa shape index (κ1) is 34.7. The zero-order chi connectivity index (χ0) is 31.6. The number of aliphatic hydroxyl groups is 1. The van der Waals surface area contributed by atoms with Crippen molar-refractivity contribution in [3.63, 3.8) is 0 Å². The van der Waals surface area contributed by atoms with E-state index < -0.39 is 44.6 Å². The van der Waals surface area contributed by atoms with Crippen molar-refractivity contribution in [3.8, 4) is 11.5 Å². The molecule has 0 aromatic heterocycles. The third kappa shape index (κ3) is 10.4. The number of sulfonamides is 2. The number of carbonyl (C=O) groups is 1. The van der Waals surface area contributed by atoms with Gasteiger partial charge in [-0.05, 0) is 42.4 Å². The van der Waals surface area contributed by atoms with Gasteiger partial charge in [-0.3, -0.25) is 4.79 Å². The van der Waals surface area contributed by atoms with Crippen LogP contribution in [0.2, 0.25) is 0 Å². The summed E-state index contributed by atoms with van der Waals surface area (Å²) in [7, 11) is -4.97. The molecule has 3 atom stereocenters. The summed E-state index contributed by atoms with van der Waals surface area (Å²) >= 11 is 0. The molecule has 1 heterocycles. The Bertz CT molecular complexity index is 1400. The van der Waals surface area contributed by atoms with Gasteiger partial charge in [0.05, 0.1) is 50.2 Å². The Balaban J connectivity index is 1.79. The molecule has 0 radical (unpaired) electrons. The number of hydrogen-bond donors (Lipinski definition) is 3. The van der Waals surface area contributed by atoms with E-state index in [1.807, 2.05) is 44.2 Å². The zero-order valence-electron chi connectivity index (χ0n) is 25.1. The maximum atomic E-state index is 13.8. The molecule has 0 bridgehead atoms. The van der Waals surface area contributed by atoms with Crippen LogP contribution in [0.25, 0.3) is 0 Å². The van der Waals surface area contributed by atoms with Gasteiger partial charge in [-0.25, -0.2) is 21.6 Å². The number of rotatable bonds is 17. The lowest BCUT2D eigenvalue weighted by molar-refractivity contribution is -0.121. The zero-order valence-corrected chi connectivity index (χ0v) is 26.7. The number of nitrogens with one attached hydrogen (secondary N) is 2. The Morgan fingerprint density at radius 1 is 1.05 bits per heavy atom. The van der Waals surface area contributed by atoms with Gasteiger partial charge in [-0.15, -0.1) is 0 Å². The Kier molecular flexibility index (Phi) is 12.8. The van der Waals surface area contributed by atoms with Crippen molar-refractivity contribution in [1.82, 2.24) is 14.3 Å². The maximum Gasteiger partial charge on any atom is 0.243 e. The molecule has 14 heteroatoms. The highest BCUT2D eigenvalue weighted by Gasteiger charge is 2.32. The second-order valence-electron chi connectivity index (χ2n) is 11.0. The van der Waals surface area contributed by atoms with Gasteiger partial charge in [0.15, 0.2) is 11.5 Å². The van der Waals surface area contributed by atoms with E-state index in [1.54, 1.807) is 0 Å². The summed E-state index contributed by atoms with van der Waals surface area (Å²) in [6.07, 6.45) is -0.506. The average Bonchev–Trinajstić information content (AvgIpc) is 3.47. The first-order chi connectivity index (χ1) is 20.3. The van der Waals surface area contributed by atoms with Gasteiger partial charge in [-0.2, -0.15) is 4.31 Å². The number of hydrogen-bond acceptors (Lipinski definition) is 9. The van der Waals surface area contributed by atoms with Gasteiger partial charge < -0.3 is 24.6 Å². The Morgan fingerprint density at radius 3 is 2.35 bits per heavy atom. The van der Waals surface area contributed by atoms with Crippen molar-refractivity contribution in [2.45, 2.75) is 43.7 Å². The molecule has 1 fully saturated rings. The standard InChI is InChI=1S/C29H43N3O9S2/c1-21(2)17-32(43(37,38)24-10-11-27(39-3)28(15-24)40-4)18-26(33)25(14-22-8-6-5-7-9-22)31-29(34)16-30-42(35,36)20-23-12-13-41-19-23/h5-11,15,21,23,25-26,30,33H,12-14,16-20H2,1-4H3,(H,31,34)/t23-,25-,26+/m0/s1. The summed E-state index contributed by atoms with van der Waals surface area (Å²) in [5.41, 5.74) is 0.798.